The number of fused-ring (bicyclic) bond motifs is 1. The summed E-state index contributed by atoms with van der Waals surface area (Å²) in [4.78, 5) is 10.2. The second-order valence-corrected chi connectivity index (χ2v) is 3.07. The van der Waals surface area contributed by atoms with Crippen LogP contribution in [-0.2, 0) is 0 Å². The molecule has 1 aromatic rings. The number of hydrogen-bond donors (Lipinski definition) is 0. The molecule has 14 heavy (non-hydrogen) atoms. The number of rotatable bonds is 1. The number of ether oxygens (including phenoxy) is 2. The molecule has 0 saturated carbocycles. The molecule has 0 amide bonds. The zero-order valence-electron chi connectivity index (χ0n) is 7.65. The van der Waals surface area contributed by atoms with Crippen LogP contribution >= 0.6 is 0 Å². The quantitative estimate of drug-likeness (QED) is 0.505. The number of benzene rings is 1. The summed E-state index contributed by atoms with van der Waals surface area (Å²) in [5.74, 6) is 0.704. The summed E-state index contributed by atoms with van der Waals surface area (Å²) >= 11 is 0. The third-order valence-electron chi connectivity index (χ3n) is 1.96. The minimum Gasteiger partial charge on any atom is -0.486 e. The maximum atomic E-state index is 10.7. The molecular weight excluding hydrogens is 186 g/mol. The van der Waals surface area contributed by atoms with E-state index < -0.39 is 4.92 Å². The highest BCUT2D eigenvalue weighted by molar-refractivity contribution is 5.58. The average molecular weight is 195 g/mol. The van der Waals surface area contributed by atoms with Crippen LogP contribution in [0.5, 0.6) is 11.5 Å². The van der Waals surface area contributed by atoms with Crippen molar-refractivity contribution in [3.05, 3.63) is 27.8 Å². The van der Waals surface area contributed by atoms with E-state index in [1.165, 1.54) is 6.07 Å². The average Bonchev–Trinajstić information content (AvgIpc) is 2.16. The van der Waals surface area contributed by atoms with Crippen LogP contribution in [0.2, 0.25) is 0 Å². The Kier molecular flexibility index (Phi) is 1.99. The third kappa shape index (κ3) is 1.37. The topological polar surface area (TPSA) is 61.6 Å². The zero-order valence-corrected chi connectivity index (χ0v) is 7.65. The molecule has 5 heteroatoms. The van der Waals surface area contributed by atoms with E-state index in [1.807, 2.05) is 0 Å². The molecule has 5 nitrogen and oxygen atoms in total. The molecule has 1 aliphatic rings. The highest BCUT2D eigenvalue weighted by atomic mass is 16.6. The van der Waals surface area contributed by atoms with Gasteiger partial charge in [-0.25, -0.2) is 0 Å². The van der Waals surface area contributed by atoms with Gasteiger partial charge in [-0.15, -0.1) is 0 Å². The summed E-state index contributed by atoms with van der Waals surface area (Å²) in [6, 6.07) is 3.22. The molecule has 0 aliphatic carbocycles. The number of nitro groups is 1. The van der Waals surface area contributed by atoms with E-state index in [1.54, 1.807) is 13.0 Å². The van der Waals surface area contributed by atoms with Gasteiger partial charge >= 0.3 is 5.69 Å². The fourth-order valence-corrected chi connectivity index (χ4v) is 1.40. The van der Waals surface area contributed by atoms with E-state index in [4.69, 9.17) is 9.47 Å². The SMILES string of the molecule is Cc1cc2c(c([N+](=O)[O-])c1)OCCO2. The van der Waals surface area contributed by atoms with Crippen molar-refractivity contribution in [2.24, 2.45) is 0 Å². The summed E-state index contributed by atoms with van der Waals surface area (Å²) in [6.45, 7) is 2.58. The molecule has 0 atom stereocenters. The highest BCUT2D eigenvalue weighted by Crippen LogP contribution is 2.39. The van der Waals surface area contributed by atoms with Crippen molar-refractivity contribution in [2.75, 3.05) is 13.2 Å². The van der Waals surface area contributed by atoms with Crippen molar-refractivity contribution in [3.63, 3.8) is 0 Å². The van der Waals surface area contributed by atoms with Crippen LogP contribution in [-0.4, -0.2) is 18.1 Å². The van der Waals surface area contributed by atoms with Crippen molar-refractivity contribution in [3.8, 4) is 11.5 Å². The lowest BCUT2D eigenvalue weighted by molar-refractivity contribution is -0.386. The van der Waals surface area contributed by atoms with E-state index >= 15 is 0 Å². The van der Waals surface area contributed by atoms with Gasteiger partial charge in [-0.1, -0.05) is 0 Å². The molecule has 0 spiro atoms. The number of nitrogens with zero attached hydrogens (tertiary/aromatic N) is 1. The third-order valence-corrected chi connectivity index (χ3v) is 1.96. The molecule has 1 aromatic carbocycles. The predicted octanol–water partition coefficient (Wildman–Crippen LogP) is 1.67. The van der Waals surface area contributed by atoms with E-state index in [2.05, 4.69) is 0 Å². The Hall–Kier alpha value is -1.78. The monoisotopic (exact) mass is 195 g/mol. The molecular formula is C9H9NO4. The number of hydrogen-bond acceptors (Lipinski definition) is 4. The van der Waals surface area contributed by atoms with Crippen molar-refractivity contribution in [1.29, 1.82) is 0 Å². The van der Waals surface area contributed by atoms with Crippen LogP contribution in [0.4, 0.5) is 5.69 Å². The molecule has 1 aliphatic heterocycles. The normalized spacial score (nSPS) is 13.8. The molecule has 0 saturated heterocycles. The lowest BCUT2D eigenvalue weighted by atomic mass is 10.2. The first-order valence-electron chi connectivity index (χ1n) is 4.23. The van der Waals surface area contributed by atoms with Gasteiger partial charge in [-0.3, -0.25) is 10.1 Å². The van der Waals surface area contributed by atoms with Gasteiger partial charge in [-0.2, -0.15) is 0 Å². The Bertz CT molecular complexity index is 389. The molecule has 0 N–H and O–H groups in total. The molecule has 2 rings (SSSR count). The van der Waals surface area contributed by atoms with E-state index in [9.17, 15) is 10.1 Å². The molecule has 0 aromatic heterocycles. The highest BCUT2D eigenvalue weighted by Gasteiger charge is 2.24. The van der Waals surface area contributed by atoms with Crippen molar-refractivity contribution in [2.45, 2.75) is 6.92 Å². The van der Waals surface area contributed by atoms with Crippen molar-refractivity contribution in [1.82, 2.24) is 0 Å². The van der Waals surface area contributed by atoms with Crippen molar-refractivity contribution >= 4 is 5.69 Å². The van der Waals surface area contributed by atoms with E-state index in [-0.39, 0.29) is 11.4 Å². The van der Waals surface area contributed by atoms with E-state index in [0.717, 1.165) is 5.56 Å². The van der Waals surface area contributed by atoms with Gasteiger partial charge in [0.05, 0.1) is 4.92 Å². The maximum absolute atomic E-state index is 10.7. The zero-order chi connectivity index (χ0) is 10.1. The van der Waals surface area contributed by atoms with Crippen LogP contribution in [0.1, 0.15) is 5.56 Å². The molecule has 0 radical (unpaired) electrons. The second kappa shape index (κ2) is 3.17. The van der Waals surface area contributed by atoms with Crippen molar-refractivity contribution < 1.29 is 14.4 Å². The Morgan fingerprint density at radius 2 is 2.07 bits per heavy atom. The Balaban J connectivity index is 2.58. The summed E-state index contributed by atoms with van der Waals surface area (Å²) in [6.07, 6.45) is 0. The van der Waals surface area contributed by atoms with Crippen LogP contribution in [0.25, 0.3) is 0 Å². The molecule has 0 unspecified atom stereocenters. The fourth-order valence-electron chi connectivity index (χ4n) is 1.40. The molecule has 74 valence electrons. The lowest BCUT2D eigenvalue weighted by Gasteiger charge is -2.18. The summed E-state index contributed by atoms with van der Waals surface area (Å²) < 4.78 is 10.5. The van der Waals surface area contributed by atoms with Gasteiger partial charge in [0.15, 0.2) is 5.75 Å². The number of nitro benzene ring substituents is 1. The summed E-state index contributed by atoms with van der Waals surface area (Å²) in [5.41, 5.74) is 0.764. The van der Waals surface area contributed by atoms with Gasteiger partial charge in [0.2, 0.25) is 5.75 Å². The van der Waals surface area contributed by atoms with Crippen LogP contribution < -0.4 is 9.47 Å². The Morgan fingerprint density at radius 1 is 1.36 bits per heavy atom. The molecule has 1 heterocycles. The summed E-state index contributed by atoms with van der Waals surface area (Å²) in [5, 5.41) is 10.7. The standard InChI is InChI=1S/C9H9NO4/c1-6-4-7(10(11)12)9-8(5-6)13-2-3-14-9/h4-5H,2-3H2,1H3. The Labute approximate surface area is 80.4 Å². The van der Waals surface area contributed by atoms with Gasteiger partial charge < -0.3 is 9.47 Å². The minimum absolute atomic E-state index is 0.0281. The van der Waals surface area contributed by atoms with Gasteiger partial charge in [-0.05, 0) is 18.6 Å². The predicted molar refractivity (Wildman–Crippen MR) is 48.8 cm³/mol. The first-order valence-corrected chi connectivity index (χ1v) is 4.23. The smallest absolute Gasteiger partial charge is 0.315 e. The van der Waals surface area contributed by atoms with Crippen LogP contribution in [0, 0.1) is 17.0 Å². The first kappa shape index (κ1) is 8.80. The van der Waals surface area contributed by atoms with Gasteiger partial charge in [0, 0.05) is 6.07 Å². The largest absolute Gasteiger partial charge is 0.486 e. The molecule has 0 fully saturated rings. The lowest BCUT2D eigenvalue weighted by Crippen LogP contribution is -2.16. The van der Waals surface area contributed by atoms with Crippen LogP contribution in [0.15, 0.2) is 12.1 Å². The van der Waals surface area contributed by atoms with Gasteiger partial charge in [0.25, 0.3) is 0 Å². The second-order valence-electron chi connectivity index (χ2n) is 3.07. The number of aryl methyl sites for hydroxylation is 1. The summed E-state index contributed by atoms with van der Waals surface area (Å²) in [7, 11) is 0. The first-order chi connectivity index (χ1) is 6.68. The van der Waals surface area contributed by atoms with E-state index in [0.29, 0.717) is 19.0 Å². The van der Waals surface area contributed by atoms with Crippen LogP contribution in [0.3, 0.4) is 0 Å². The fraction of sp³-hybridized carbons (Fsp3) is 0.333. The van der Waals surface area contributed by atoms with Gasteiger partial charge in [0.1, 0.15) is 13.2 Å². The minimum atomic E-state index is -0.458. The maximum Gasteiger partial charge on any atom is 0.315 e. The Morgan fingerprint density at radius 3 is 2.79 bits per heavy atom. The molecule has 0 bridgehead atoms.